The van der Waals surface area contributed by atoms with E-state index < -0.39 is 0 Å². The number of para-hydroxylation sites is 1. The Hall–Kier alpha value is -2.00. The molecule has 0 bridgehead atoms. The Balaban J connectivity index is 2.18. The number of amides is 1. The van der Waals surface area contributed by atoms with Crippen LogP contribution in [-0.2, 0) is 5.41 Å². The molecule has 2 rings (SSSR count). The van der Waals surface area contributed by atoms with Crippen molar-refractivity contribution >= 4 is 28.9 Å². The van der Waals surface area contributed by atoms with Crippen molar-refractivity contribution in [1.82, 2.24) is 0 Å². The van der Waals surface area contributed by atoms with Crippen LogP contribution in [0, 0.1) is 0 Å². The molecule has 0 aromatic heterocycles. The van der Waals surface area contributed by atoms with Crippen molar-refractivity contribution in [2.24, 2.45) is 0 Å². The molecule has 0 heterocycles. The lowest BCUT2D eigenvalue weighted by Crippen LogP contribution is -2.15. The van der Waals surface area contributed by atoms with Crippen LogP contribution in [0.5, 0.6) is 0 Å². The Morgan fingerprint density at radius 2 is 1.71 bits per heavy atom. The van der Waals surface area contributed by atoms with Crippen LogP contribution in [0.3, 0.4) is 0 Å². The predicted molar refractivity (Wildman–Crippen MR) is 89.0 cm³/mol. The lowest BCUT2D eigenvalue weighted by atomic mass is 9.87. The zero-order valence-corrected chi connectivity index (χ0v) is 13.2. The maximum atomic E-state index is 12.2. The summed E-state index contributed by atoms with van der Waals surface area (Å²) >= 11 is 5.93. The third-order valence-corrected chi connectivity index (χ3v) is 3.64. The zero-order valence-electron chi connectivity index (χ0n) is 12.4. The number of nitrogen functional groups attached to an aromatic ring is 1. The van der Waals surface area contributed by atoms with E-state index in [0.717, 1.165) is 5.69 Å². The highest BCUT2D eigenvalue weighted by molar-refractivity contribution is 6.34. The second-order valence-corrected chi connectivity index (χ2v) is 6.39. The standard InChI is InChI=1S/C17H19ClN2O/c1-17(2,3)11-7-9-12(10-8-11)20-16(21)13-5-4-6-14(18)15(13)19/h4-10H,19H2,1-3H3,(H,20,21). The SMILES string of the molecule is CC(C)(C)c1ccc(NC(=O)c2cccc(Cl)c2N)cc1. The molecule has 21 heavy (non-hydrogen) atoms. The van der Waals surface area contributed by atoms with Gasteiger partial charge in [-0.1, -0.05) is 50.6 Å². The summed E-state index contributed by atoms with van der Waals surface area (Å²) in [6.45, 7) is 6.44. The highest BCUT2D eigenvalue weighted by atomic mass is 35.5. The number of nitrogens with two attached hydrogens (primary N) is 1. The number of rotatable bonds is 2. The molecule has 4 heteroatoms. The Kier molecular flexibility index (Phi) is 4.24. The van der Waals surface area contributed by atoms with Crippen LogP contribution in [0.25, 0.3) is 0 Å². The van der Waals surface area contributed by atoms with Gasteiger partial charge >= 0.3 is 0 Å². The van der Waals surface area contributed by atoms with Crippen molar-refractivity contribution in [3.63, 3.8) is 0 Å². The summed E-state index contributed by atoms with van der Waals surface area (Å²) in [5, 5.41) is 3.21. The molecule has 0 spiro atoms. The van der Waals surface area contributed by atoms with Crippen LogP contribution in [0.1, 0.15) is 36.7 Å². The van der Waals surface area contributed by atoms with Gasteiger partial charge in [-0.05, 0) is 35.2 Å². The van der Waals surface area contributed by atoms with E-state index in [9.17, 15) is 4.79 Å². The zero-order chi connectivity index (χ0) is 15.6. The molecule has 0 atom stereocenters. The fourth-order valence-corrected chi connectivity index (χ4v) is 2.16. The van der Waals surface area contributed by atoms with E-state index in [1.807, 2.05) is 24.3 Å². The van der Waals surface area contributed by atoms with Crippen LogP contribution >= 0.6 is 11.6 Å². The molecule has 0 saturated carbocycles. The Bertz CT molecular complexity index is 657. The van der Waals surface area contributed by atoms with Crippen molar-refractivity contribution in [1.29, 1.82) is 0 Å². The van der Waals surface area contributed by atoms with Crippen molar-refractivity contribution in [2.45, 2.75) is 26.2 Å². The number of carbonyl (C=O) groups excluding carboxylic acids is 1. The summed E-state index contributed by atoms with van der Waals surface area (Å²) in [6.07, 6.45) is 0. The van der Waals surface area contributed by atoms with E-state index in [-0.39, 0.29) is 11.3 Å². The number of hydrogen-bond donors (Lipinski definition) is 2. The van der Waals surface area contributed by atoms with Crippen molar-refractivity contribution in [3.05, 3.63) is 58.6 Å². The van der Waals surface area contributed by atoms with Gasteiger partial charge in [-0.2, -0.15) is 0 Å². The molecule has 0 saturated heterocycles. The molecule has 1 amide bonds. The quantitative estimate of drug-likeness (QED) is 0.804. The van der Waals surface area contributed by atoms with Crippen molar-refractivity contribution in [3.8, 4) is 0 Å². The van der Waals surface area contributed by atoms with Gasteiger partial charge in [0.15, 0.2) is 0 Å². The topological polar surface area (TPSA) is 55.1 Å². The number of hydrogen-bond acceptors (Lipinski definition) is 2. The molecule has 0 unspecified atom stereocenters. The van der Waals surface area contributed by atoms with E-state index in [1.165, 1.54) is 5.56 Å². The third-order valence-electron chi connectivity index (χ3n) is 3.31. The summed E-state index contributed by atoms with van der Waals surface area (Å²) in [7, 11) is 0. The number of benzene rings is 2. The second kappa shape index (κ2) is 5.78. The van der Waals surface area contributed by atoms with Gasteiger partial charge in [-0.15, -0.1) is 0 Å². The summed E-state index contributed by atoms with van der Waals surface area (Å²) in [6, 6.07) is 12.8. The highest BCUT2D eigenvalue weighted by Crippen LogP contribution is 2.25. The van der Waals surface area contributed by atoms with Gasteiger partial charge in [0, 0.05) is 5.69 Å². The van der Waals surface area contributed by atoms with Crippen LogP contribution in [-0.4, -0.2) is 5.91 Å². The first-order chi connectivity index (χ1) is 9.79. The van der Waals surface area contributed by atoms with Crippen LogP contribution < -0.4 is 11.1 Å². The molecule has 3 N–H and O–H groups in total. The second-order valence-electron chi connectivity index (χ2n) is 5.98. The minimum absolute atomic E-state index is 0.0833. The Morgan fingerprint density at radius 1 is 1.10 bits per heavy atom. The first kappa shape index (κ1) is 15.4. The van der Waals surface area contributed by atoms with Gasteiger partial charge in [-0.3, -0.25) is 4.79 Å². The average Bonchev–Trinajstić information content (AvgIpc) is 2.41. The molecule has 110 valence electrons. The molecule has 0 aliphatic heterocycles. The van der Waals surface area contributed by atoms with Gasteiger partial charge in [0.1, 0.15) is 0 Å². The first-order valence-electron chi connectivity index (χ1n) is 6.75. The van der Waals surface area contributed by atoms with Crippen LogP contribution in [0.4, 0.5) is 11.4 Å². The molecule has 0 radical (unpaired) electrons. The van der Waals surface area contributed by atoms with Gasteiger partial charge in [0.2, 0.25) is 0 Å². The molecule has 0 fully saturated rings. The predicted octanol–water partition coefficient (Wildman–Crippen LogP) is 4.47. The minimum atomic E-state index is -0.265. The number of nitrogens with one attached hydrogen (secondary N) is 1. The fraction of sp³-hybridized carbons (Fsp3) is 0.235. The van der Waals surface area contributed by atoms with Crippen molar-refractivity contribution < 1.29 is 4.79 Å². The molecule has 2 aromatic carbocycles. The summed E-state index contributed by atoms with van der Waals surface area (Å²) in [5.74, 6) is -0.265. The Morgan fingerprint density at radius 3 is 2.29 bits per heavy atom. The molecule has 2 aromatic rings. The monoisotopic (exact) mass is 302 g/mol. The molecule has 0 aliphatic carbocycles. The summed E-state index contributed by atoms with van der Waals surface area (Å²) in [5.41, 5.74) is 8.52. The van der Waals surface area contributed by atoms with E-state index in [4.69, 9.17) is 17.3 Å². The fourth-order valence-electron chi connectivity index (χ4n) is 1.99. The number of halogens is 1. The molecule has 0 aliphatic rings. The molecule has 3 nitrogen and oxygen atoms in total. The summed E-state index contributed by atoms with van der Waals surface area (Å²) in [4.78, 5) is 12.2. The van der Waals surface area contributed by atoms with E-state index >= 15 is 0 Å². The molecular weight excluding hydrogens is 284 g/mol. The molecular formula is C17H19ClN2O. The lowest BCUT2D eigenvalue weighted by molar-refractivity contribution is 0.102. The highest BCUT2D eigenvalue weighted by Gasteiger charge is 2.14. The van der Waals surface area contributed by atoms with E-state index in [1.54, 1.807) is 18.2 Å². The van der Waals surface area contributed by atoms with Crippen LogP contribution in [0.15, 0.2) is 42.5 Å². The van der Waals surface area contributed by atoms with Gasteiger partial charge < -0.3 is 11.1 Å². The van der Waals surface area contributed by atoms with Gasteiger partial charge in [0.05, 0.1) is 16.3 Å². The number of carbonyl (C=O) groups is 1. The van der Waals surface area contributed by atoms with Gasteiger partial charge in [-0.25, -0.2) is 0 Å². The lowest BCUT2D eigenvalue weighted by Gasteiger charge is -2.19. The number of anilines is 2. The maximum Gasteiger partial charge on any atom is 0.257 e. The first-order valence-corrected chi connectivity index (χ1v) is 7.13. The minimum Gasteiger partial charge on any atom is -0.397 e. The largest absolute Gasteiger partial charge is 0.397 e. The van der Waals surface area contributed by atoms with Crippen LogP contribution in [0.2, 0.25) is 5.02 Å². The van der Waals surface area contributed by atoms with E-state index in [2.05, 4.69) is 26.1 Å². The smallest absolute Gasteiger partial charge is 0.257 e. The third kappa shape index (κ3) is 3.56. The normalized spacial score (nSPS) is 11.2. The van der Waals surface area contributed by atoms with Gasteiger partial charge in [0.25, 0.3) is 5.91 Å². The van der Waals surface area contributed by atoms with E-state index in [0.29, 0.717) is 16.3 Å². The average molecular weight is 303 g/mol. The maximum absolute atomic E-state index is 12.2. The Labute approximate surface area is 130 Å². The van der Waals surface area contributed by atoms with Crippen molar-refractivity contribution in [2.75, 3.05) is 11.1 Å². The summed E-state index contributed by atoms with van der Waals surface area (Å²) < 4.78 is 0.